The molecule has 120 valence electrons. The highest BCUT2D eigenvalue weighted by Crippen LogP contribution is 2.26. The average molecular weight is 315 g/mol. The zero-order valence-electron chi connectivity index (χ0n) is 13.8. The van der Waals surface area contributed by atoms with Crippen LogP contribution in [-0.4, -0.2) is 5.91 Å². The van der Waals surface area contributed by atoms with E-state index >= 15 is 0 Å². The van der Waals surface area contributed by atoms with E-state index in [2.05, 4.69) is 18.3 Å². The van der Waals surface area contributed by atoms with Gasteiger partial charge in [0.2, 0.25) is 5.91 Å². The smallest absolute Gasteiger partial charge is 0.236 e. The molecule has 0 heterocycles. The zero-order valence-corrected chi connectivity index (χ0v) is 13.8. The summed E-state index contributed by atoms with van der Waals surface area (Å²) < 4.78 is 0. The maximum absolute atomic E-state index is 13.0. The third kappa shape index (κ3) is 3.72. The highest BCUT2D eigenvalue weighted by Gasteiger charge is 2.22. The third-order valence-corrected chi connectivity index (χ3v) is 4.13. The predicted octanol–water partition coefficient (Wildman–Crippen LogP) is 5.02. The third-order valence-electron chi connectivity index (χ3n) is 4.13. The van der Waals surface area contributed by atoms with E-state index in [1.54, 1.807) is 0 Å². The summed E-state index contributed by atoms with van der Waals surface area (Å²) in [6.45, 7) is 2.11. The Morgan fingerprint density at radius 1 is 0.833 bits per heavy atom. The van der Waals surface area contributed by atoms with Gasteiger partial charge in [0.15, 0.2) is 0 Å². The second kappa shape index (κ2) is 7.60. The number of amides is 1. The summed E-state index contributed by atoms with van der Waals surface area (Å²) in [7, 11) is 0. The zero-order chi connectivity index (χ0) is 16.8. The van der Waals surface area contributed by atoms with Crippen LogP contribution in [0.3, 0.4) is 0 Å². The van der Waals surface area contributed by atoms with Crippen molar-refractivity contribution < 1.29 is 4.79 Å². The van der Waals surface area contributed by atoms with Gasteiger partial charge in [-0.3, -0.25) is 4.79 Å². The number of rotatable bonds is 5. The van der Waals surface area contributed by atoms with Gasteiger partial charge >= 0.3 is 0 Å². The number of benzene rings is 3. The van der Waals surface area contributed by atoms with Gasteiger partial charge in [-0.05, 0) is 35.2 Å². The quantitative estimate of drug-likeness (QED) is 0.704. The Balaban J connectivity index is 1.92. The van der Waals surface area contributed by atoms with Crippen molar-refractivity contribution in [1.29, 1.82) is 0 Å². The van der Waals surface area contributed by atoms with E-state index in [0.29, 0.717) is 0 Å². The number of hydrogen-bond acceptors (Lipinski definition) is 1. The predicted molar refractivity (Wildman–Crippen MR) is 99.2 cm³/mol. The van der Waals surface area contributed by atoms with Gasteiger partial charge in [-0.2, -0.15) is 0 Å². The van der Waals surface area contributed by atoms with Crippen LogP contribution in [0.2, 0.25) is 0 Å². The van der Waals surface area contributed by atoms with Crippen LogP contribution in [0.4, 0.5) is 5.69 Å². The largest absolute Gasteiger partial charge is 0.325 e. The number of carbonyl (C=O) groups excluding carboxylic acids is 1. The summed E-state index contributed by atoms with van der Waals surface area (Å²) in [4.78, 5) is 13.0. The molecule has 3 aromatic carbocycles. The molecule has 0 atom stereocenters. The SMILES string of the molecule is CCc1cccc(NC(=O)C(c2ccccc2)c2ccccc2)c1. The summed E-state index contributed by atoms with van der Waals surface area (Å²) in [5, 5.41) is 3.07. The molecule has 0 unspecified atom stereocenters. The van der Waals surface area contributed by atoms with E-state index in [0.717, 1.165) is 23.2 Å². The highest BCUT2D eigenvalue weighted by atomic mass is 16.1. The number of anilines is 1. The fourth-order valence-corrected chi connectivity index (χ4v) is 2.87. The van der Waals surface area contributed by atoms with Crippen LogP contribution in [-0.2, 0) is 11.2 Å². The molecule has 0 fully saturated rings. The molecule has 0 saturated heterocycles. The van der Waals surface area contributed by atoms with Crippen molar-refractivity contribution in [3.05, 3.63) is 102 Å². The fourth-order valence-electron chi connectivity index (χ4n) is 2.87. The molecule has 3 rings (SSSR count). The highest BCUT2D eigenvalue weighted by molar-refractivity contribution is 5.98. The molecule has 2 heteroatoms. The first-order chi connectivity index (χ1) is 11.8. The van der Waals surface area contributed by atoms with Gasteiger partial charge in [0.05, 0.1) is 5.92 Å². The van der Waals surface area contributed by atoms with Crippen LogP contribution < -0.4 is 5.32 Å². The lowest BCUT2D eigenvalue weighted by Gasteiger charge is -2.18. The van der Waals surface area contributed by atoms with Gasteiger partial charge in [0, 0.05) is 5.69 Å². The van der Waals surface area contributed by atoms with Crippen LogP contribution >= 0.6 is 0 Å². The minimum Gasteiger partial charge on any atom is -0.325 e. The first-order valence-electron chi connectivity index (χ1n) is 8.27. The number of carbonyl (C=O) groups is 1. The van der Waals surface area contributed by atoms with Crippen molar-refractivity contribution in [2.75, 3.05) is 5.32 Å². The molecule has 0 spiro atoms. The minimum atomic E-state index is -0.322. The van der Waals surface area contributed by atoms with E-state index in [1.165, 1.54) is 5.56 Å². The Morgan fingerprint density at radius 2 is 1.42 bits per heavy atom. The van der Waals surface area contributed by atoms with Crippen molar-refractivity contribution in [1.82, 2.24) is 0 Å². The van der Waals surface area contributed by atoms with Crippen LogP contribution in [0, 0.1) is 0 Å². The Morgan fingerprint density at radius 3 is 1.96 bits per heavy atom. The summed E-state index contributed by atoms with van der Waals surface area (Å²) in [5.74, 6) is -0.335. The van der Waals surface area contributed by atoms with Crippen LogP contribution in [0.25, 0.3) is 0 Å². The van der Waals surface area contributed by atoms with E-state index in [-0.39, 0.29) is 11.8 Å². The molecule has 0 radical (unpaired) electrons. The standard InChI is InChI=1S/C22H21NO/c1-2-17-10-9-15-20(16-17)23-22(24)21(18-11-5-3-6-12-18)19-13-7-4-8-14-19/h3-16,21H,2H2,1H3,(H,23,24). The lowest BCUT2D eigenvalue weighted by Crippen LogP contribution is -2.22. The van der Waals surface area contributed by atoms with E-state index < -0.39 is 0 Å². The maximum atomic E-state index is 13.0. The van der Waals surface area contributed by atoms with E-state index in [1.807, 2.05) is 78.9 Å². The van der Waals surface area contributed by atoms with E-state index in [4.69, 9.17) is 0 Å². The normalized spacial score (nSPS) is 10.6. The molecule has 0 bridgehead atoms. The topological polar surface area (TPSA) is 29.1 Å². The number of aryl methyl sites for hydroxylation is 1. The molecule has 0 aliphatic rings. The summed E-state index contributed by atoms with van der Waals surface area (Å²) in [6, 6.07) is 27.8. The van der Waals surface area contributed by atoms with Crippen molar-refractivity contribution in [2.45, 2.75) is 19.3 Å². The second-order valence-electron chi connectivity index (χ2n) is 5.80. The molecule has 24 heavy (non-hydrogen) atoms. The first-order valence-corrected chi connectivity index (χ1v) is 8.27. The molecular formula is C22H21NO. The maximum Gasteiger partial charge on any atom is 0.236 e. The fraction of sp³-hybridized carbons (Fsp3) is 0.136. The van der Waals surface area contributed by atoms with Crippen LogP contribution in [0.1, 0.15) is 29.5 Å². The molecule has 1 amide bonds. The van der Waals surface area contributed by atoms with Gasteiger partial charge in [-0.25, -0.2) is 0 Å². The summed E-state index contributed by atoms with van der Waals surface area (Å²) in [6.07, 6.45) is 0.949. The van der Waals surface area contributed by atoms with Gasteiger partial charge in [0.25, 0.3) is 0 Å². The number of nitrogens with one attached hydrogen (secondary N) is 1. The summed E-state index contributed by atoms with van der Waals surface area (Å²) in [5.41, 5.74) is 4.04. The summed E-state index contributed by atoms with van der Waals surface area (Å²) >= 11 is 0. The van der Waals surface area contributed by atoms with Crippen molar-refractivity contribution in [2.24, 2.45) is 0 Å². The second-order valence-corrected chi connectivity index (χ2v) is 5.80. The van der Waals surface area contributed by atoms with Gasteiger partial charge < -0.3 is 5.32 Å². The average Bonchev–Trinajstić information content (AvgIpc) is 2.64. The Bertz CT molecular complexity index is 757. The monoisotopic (exact) mass is 315 g/mol. The van der Waals surface area contributed by atoms with Gasteiger partial charge in [-0.1, -0.05) is 79.7 Å². The Labute approximate surface area is 143 Å². The molecule has 2 nitrogen and oxygen atoms in total. The number of hydrogen-bond donors (Lipinski definition) is 1. The van der Waals surface area contributed by atoms with Crippen molar-refractivity contribution in [3.63, 3.8) is 0 Å². The lowest BCUT2D eigenvalue weighted by molar-refractivity contribution is -0.116. The molecule has 0 saturated carbocycles. The molecule has 0 aliphatic heterocycles. The molecule has 0 aromatic heterocycles. The Hall–Kier alpha value is -2.87. The lowest BCUT2D eigenvalue weighted by atomic mass is 9.90. The first kappa shape index (κ1) is 16.0. The van der Waals surface area contributed by atoms with Crippen LogP contribution in [0.15, 0.2) is 84.9 Å². The van der Waals surface area contributed by atoms with Gasteiger partial charge in [-0.15, -0.1) is 0 Å². The Kier molecular flexibility index (Phi) is 5.07. The van der Waals surface area contributed by atoms with Gasteiger partial charge in [0.1, 0.15) is 0 Å². The minimum absolute atomic E-state index is 0.0133. The van der Waals surface area contributed by atoms with E-state index in [9.17, 15) is 4.79 Å². The molecule has 0 aliphatic carbocycles. The molecule has 3 aromatic rings. The molecule has 1 N–H and O–H groups in total. The van der Waals surface area contributed by atoms with Crippen molar-refractivity contribution >= 4 is 11.6 Å². The van der Waals surface area contributed by atoms with Crippen molar-refractivity contribution in [3.8, 4) is 0 Å². The van der Waals surface area contributed by atoms with Crippen LogP contribution in [0.5, 0.6) is 0 Å². The molecular weight excluding hydrogens is 294 g/mol.